The number of isothiocyanates is 2. The minimum absolute atomic E-state index is 0.110. The highest BCUT2D eigenvalue weighted by molar-refractivity contribution is 7.78. The van der Waals surface area contributed by atoms with Gasteiger partial charge in [-0.05, 0) is 38.5 Å². The van der Waals surface area contributed by atoms with Gasteiger partial charge in [0, 0.05) is 49.0 Å². The summed E-state index contributed by atoms with van der Waals surface area (Å²) >= 11 is 8.27. The van der Waals surface area contributed by atoms with Crippen molar-refractivity contribution >= 4 is 59.0 Å². The Morgan fingerprint density at radius 1 is 0.656 bits per heavy atom. The number of aliphatic imine (C=N–C) groups is 4. The molecule has 0 atom stereocenters. The molecular weight excluding hydrogens is 460 g/mol. The first-order valence-electron chi connectivity index (χ1n) is 8.32. The number of nitrogens with one attached hydrogen (secondary N) is 6. The fraction of sp³-hybridized carbons (Fsp3) is 0.625. The van der Waals surface area contributed by atoms with Crippen LogP contribution in [0.3, 0.4) is 0 Å². The van der Waals surface area contributed by atoms with Crippen LogP contribution in [0.1, 0.15) is 0 Å². The van der Waals surface area contributed by atoms with Crippen molar-refractivity contribution in [1.82, 2.24) is 31.9 Å². The van der Waals surface area contributed by atoms with Gasteiger partial charge in [-0.2, -0.15) is 0 Å². The van der Waals surface area contributed by atoms with E-state index in [1.54, 1.807) is 14.1 Å². The Kier molecular flexibility index (Phi) is 75.6. The topological polar surface area (TPSA) is 190 Å². The van der Waals surface area contributed by atoms with Gasteiger partial charge in [0.25, 0.3) is 0 Å². The molecule has 0 saturated carbocycles. The molecule has 32 heavy (non-hydrogen) atoms. The number of nitrogens with zero attached hydrogens (tertiary/aromatic N) is 4. The molecule has 4 amide bonds. The molecule has 0 radical (unpaired) electrons. The lowest BCUT2D eigenvalue weighted by atomic mass is 10.8. The zero-order chi connectivity index (χ0) is 26.5. The number of isocyanates is 2. The molecule has 0 heterocycles. The van der Waals surface area contributed by atoms with E-state index < -0.39 is 0 Å². The first-order chi connectivity index (χ1) is 15.3. The molecule has 16 heteroatoms. The Morgan fingerprint density at radius 2 is 0.906 bits per heavy atom. The Balaban J connectivity index is -0.0000000684. The maximum atomic E-state index is 10.5. The molecule has 14 nitrogen and oxygen atoms in total. The number of amides is 4. The van der Waals surface area contributed by atoms with Crippen molar-refractivity contribution in [2.45, 2.75) is 0 Å². The number of carbonyl (C=O) groups excluding carboxylic acids is 4. The summed E-state index contributed by atoms with van der Waals surface area (Å²) in [7, 11) is 12.7. The number of urea groups is 2. The van der Waals surface area contributed by atoms with E-state index in [1.165, 1.54) is 40.4 Å². The van der Waals surface area contributed by atoms with Gasteiger partial charge in [-0.25, -0.2) is 39.1 Å². The average Bonchev–Trinajstić information content (AvgIpc) is 2.85. The van der Waals surface area contributed by atoms with E-state index >= 15 is 0 Å². The first kappa shape index (κ1) is 42.8. The molecule has 0 bridgehead atoms. The van der Waals surface area contributed by atoms with Crippen molar-refractivity contribution in [3.05, 3.63) is 0 Å². The SMILES string of the molecule is CN=C=O.CN=C=O.CN=C=S.CN=C=S.CNC(=O)NCNC(=O)NC.CNCNC. The van der Waals surface area contributed by atoms with Crippen LogP contribution in [0.2, 0.25) is 0 Å². The van der Waals surface area contributed by atoms with E-state index in [1.807, 2.05) is 14.1 Å². The summed E-state index contributed by atoms with van der Waals surface area (Å²) in [5, 5.41) is 19.5. The predicted octanol–water partition coefficient (Wildman–Crippen LogP) is -0.473. The Labute approximate surface area is 199 Å². The monoisotopic (exact) mass is 494 g/mol. The van der Waals surface area contributed by atoms with Crippen LogP contribution in [0.5, 0.6) is 0 Å². The molecule has 0 aliphatic heterocycles. The van der Waals surface area contributed by atoms with Gasteiger partial charge >= 0.3 is 12.1 Å². The molecule has 0 rings (SSSR count). The molecule has 0 unspecified atom stereocenters. The van der Waals surface area contributed by atoms with E-state index in [-0.39, 0.29) is 18.7 Å². The maximum absolute atomic E-state index is 10.5. The quantitative estimate of drug-likeness (QED) is 0.131. The van der Waals surface area contributed by atoms with Gasteiger partial charge < -0.3 is 31.9 Å². The molecular formula is C16H34N10O4S2. The second-order valence-electron chi connectivity index (χ2n) is 3.83. The number of thiocarbonyl (C=S) groups is 2. The molecule has 0 aliphatic rings. The summed E-state index contributed by atoms with van der Waals surface area (Å²) in [5.41, 5.74) is 0. The fourth-order valence-corrected chi connectivity index (χ4v) is 0.558. The van der Waals surface area contributed by atoms with Crippen molar-refractivity contribution in [3.63, 3.8) is 0 Å². The van der Waals surface area contributed by atoms with Crippen molar-refractivity contribution in [3.8, 4) is 0 Å². The van der Waals surface area contributed by atoms with E-state index in [2.05, 4.69) is 86.6 Å². The zero-order valence-corrected chi connectivity index (χ0v) is 21.3. The summed E-state index contributed by atoms with van der Waals surface area (Å²) in [5.74, 6) is 0. The van der Waals surface area contributed by atoms with E-state index in [9.17, 15) is 9.59 Å². The predicted molar refractivity (Wildman–Crippen MR) is 133 cm³/mol. The molecule has 6 N–H and O–H groups in total. The molecule has 0 saturated heterocycles. The Morgan fingerprint density at radius 3 is 1.00 bits per heavy atom. The molecule has 0 aromatic heterocycles. The average molecular weight is 495 g/mol. The molecule has 0 spiro atoms. The molecule has 0 aromatic rings. The number of rotatable bonds is 4. The highest BCUT2D eigenvalue weighted by Crippen LogP contribution is 1.60. The molecule has 0 fully saturated rings. The maximum Gasteiger partial charge on any atom is 0.315 e. The molecule has 0 aromatic carbocycles. The zero-order valence-electron chi connectivity index (χ0n) is 19.7. The third-order valence-electron chi connectivity index (χ3n) is 1.67. The number of hydrogen-bond donors (Lipinski definition) is 6. The van der Waals surface area contributed by atoms with E-state index in [4.69, 9.17) is 9.59 Å². The van der Waals surface area contributed by atoms with E-state index in [0.29, 0.717) is 0 Å². The second kappa shape index (κ2) is 56.5. The molecule has 184 valence electrons. The van der Waals surface area contributed by atoms with Crippen LogP contribution in [0, 0.1) is 0 Å². The van der Waals surface area contributed by atoms with Crippen molar-refractivity contribution in [1.29, 1.82) is 0 Å². The van der Waals surface area contributed by atoms with Gasteiger partial charge in [-0.1, -0.05) is 0 Å². The Bertz CT molecular complexity index is 516. The van der Waals surface area contributed by atoms with Crippen molar-refractivity contribution in [2.24, 2.45) is 20.0 Å². The van der Waals surface area contributed by atoms with Crippen molar-refractivity contribution in [2.75, 3.05) is 69.7 Å². The summed E-state index contributed by atoms with van der Waals surface area (Å²) in [4.78, 5) is 51.2. The second-order valence-corrected chi connectivity index (χ2v) is 4.20. The Hall–Kier alpha value is -3.18. The third-order valence-corrected chi connectivity index (χ3v) is 2.04. The normalized spacial score (nSPS) is 6.25. The lowest BCUT2D eigenvalue weighted by Gasteiger charge is -2.05. The minimum Gasteiger partial charge on any atom is -0.341 e. The summed E-state index contributed by atoms with van der Waals surface area (Å²) in [6, 6.07) is -0.664. The minimum atomic E-state index is -0.332. The molecule has 0 aliphatic carbocycles. The summed E-state index contributed by atoms with van der Waals surface area (Å²) < 4.78 is 0. The summed E-state index contributed by atoms with van der Waals surface area (Å²) in [6.45, 7) is 0.999. The first-order valence-corrected chi connectivity index (χ1v) is 9.14. The largest absolute Gasteiger partial charge is 0.341 e. The van der Waals surface area contributed by atoms with Gasteiger partial charge in [0.1, 0.15) is 0 Å². The summed E-state index contributed by atoms with van der Waals surface area (Å²) in [6.07, 6.45) is 2.61. The highest BCUT2D eigenvalue weighted by Gasteiger charge is 1.95. The van der Waals surface area contributed by atoms with Gasteiger partial charge in [0.05, 0.1) is 17.0 Å². The lowest BCUT2D eigenvalue weighted by molar-refractivity contribution is 0.236. The fourth-order valence-electron chi connectivity index (χ4n) is 0.558. The van der Waals surface area contributed by atoms with Crippen LogP contribution in [0.4, 0.5) is 9.59 Å². The smallest absolute Gasteiger partial charge is 0.315 e. The van der Waals surface area contributed by atoms with Gasteiger partial charge in [0.15, 0.2) is 0 Å². The van der Waals surface area contributed by atoms with Crippen LogP contribution in [0.15, 0.2) is 20.0 Å². The van der Waals surface area contributed by atoms with Crippen LogP contribution in [-0.2, 0) is 9.59 Å². The lowest BCUT2D eigenvalue weighted by Crippen LogP contribution is -2.43. The van der Waals surface area contributed by atoms with Crippen LogP contribution in [-0.4, -0.2) is 104 Å². The highest BCUT2D eigenvalue weighted by atomic mass is 32.1. The number of hydrogen-bond acceptors (Lipinski definition) is 12. The standard InChI is InChI=1S/C5H12N4O2.C3H10N2.2C2H3NO.2C2H3NS/c1-6-4(10)8-3-9-5(11)7-2;1-4-3-5-2;4*1-3-2-4/h3H2,1-2H3,(H2,6,8,10)(H2,7,9,11);4-5H,3H2,1-2H3;4*1H3. The van der Waals surface area contributed by atoms with E-state index in [0.717, 1.165) is 6.67 Å². The number of carbonyl (C=O) groups is 2. The van der Waals surface area contributed by atoms with Crippen LogP contribution >= 0.6 is 24.4 Å². The van der Waals surface area contributed by atoms with Crippen LogP contribution in [0.25, 0.3) is 0 Å². The third kappa shape index (κ3) is 109. The van der Waals surface area contributed by atoms with Gasteiger partial charge in [0.2, 0.25) is 12.2 Å². The van der Waals surface area contributed by atoms with Crippen molar-refractivity contribution < 1.29 is 19.2 Å². The van der Waals surface area contributed by atoms with Gasteiger partial charge in [-0.3, -0.25) is 0 Å². The van der Waals surface area contributed by atoms with Gasteiger partial charge in [-0.15, -0.1) is 0 Å². The van der Waals surface area contributed by atoms with Crippen LogP contribution < -0.4 is 31.9 Å².